The second-order valence-electron chi connectivity index (χ2n) is 9.26. The molecule has 3 heterocycles. The lowest BCUT2D eigenvalue weighted by molar-refractivity contribution is 0.0746. The van der Waals surface area contributed by atoms with E-state index < -0.39 is 10.0 Å². The summed E-state index contributed by atoms with van der Waals surface area (Å²) < 4.78 is 39.6. The van der Waals surface area contributed by atoms with Crippen molar-refractivity contribution in [3.63, 3.8) is 0 Å². The largest absolute Gasteiger partial charge is 0.492 e. The quantitative estimate of drug-likeness (QED) is 0.429. The van der Waals surface area contributed by atoms with Crippen LogP contribution >= 0.6 is 11.3 Å². The molecule has 2 aliphatic rings. The fourth-order valence-electron chi connectivity index (χ4n) is 4.72. The second kappa shape index (κ2) is 10.9. The van der Waals surface area contributed by atoms with E-state index in [0.29, 0.717) is 51.5 Å². The van der Waals surface area contributed by atoms with Gasteiger partial charge in [-0.25, -0.2) is 13.4 Å². The van der Waals surface area contributed by atoms with Crippen molar-refractivity contribution in [3.05, 3.63) is 48.0 Å². The Hall–Kier alpha value is -2.73. The third kappa shape index (κ3) is 5.45. The Balaban J connectivity index is 1.21. The molecule has 11 heteroatoms. The molecule has 2 saturated heterocycles. The zero-order chi connectivity index (χ0) is 26.0. The molecule has 0 aliphatic carbocycles. The summed E-state index contributed by atoms with van der Waals surface area (Å²) in [6.07, 6.45) is 1.76. The Morgan fingerprint density at radius 3 is 2.59 bits per heavy atom. The summed E-state index contributed by atoms with van der Waals surface area (Å²) in [6, 6.07) is 12.2. The molecule has 2 aromatic carbocycles. The number of para-hydroxylation sites is 1. The molecule has 1 amide bonds. The normalized spacial score (nSPS) is 18.6. The van der Waals surface area contributed by atoms with Crippen LogP contribution < -0.4 is 9.64 Å². The number of ether oxygens (including phenoxy) is 2. The first-order valence-electron chi connectivity index (χ1n) is 12.6. The van der Waals surface area contributed by atoms with Gasteiger partial charge in [0.25, 0.3) is 5.91 Å². The third-order valence-electron chi connectivity index (χ3n) is 6.80. The highest BCUT2D eigenvalue weighted by atomic mass is 32.2. The lowest BCUT2D eigenvalue weighted by atomic mass is 10.2. The van der Waals surface area contributed by atoms with E-state index in [2.05, 4.69) is 4.90 Å². The van der Waals surface area contributed by atoms with Crippen LogP contribution in [0.5, 0.6) is 5.75 Å². The molecule has 1 atom stereocenters. The third-order valence-corrected chi connectivity index (χ3v) is 9.72. The van der Waals surface area contributed by atoms with Crippen LogP contribution in [0.3, 0.4) is 0 Å². The maximum Gasteiger partial charge on any atom is 0.253 e. The zero-order valence-electron chi connectivity index (χ0n) is 21.1. The minimum absolute atomic E-state index is 0.0613. The van der Waals surface area contributed by atoms with Gasteiger partial charge in [0.1, 0.15) is 11.3 Å². The van der Waals surface area contributed by atoms with Crippen molar-refractivity contribution >= 4 is 42.6 Å². The fraction of sp³-hybridized carbons (Fsp3) is 0.462. The first-order valence-corrected chi connectivity index (χ1v) is 14.9. The number of nitrogens with zero attached hydrogens (tertiary/aromatic N) is 4. The average Bonchev–Trinajstić information content (AvgIpc) is 3.59. The molecule has 0 radical (unpaired) electrons. The van der Waals surface area contributed by atoms with Crippen molar-refractivity contribution in [3.8, 4) is 5.75 Å². The smallest absolute Gasteiger partial charge is 0.253 e. The molecule has 2 aliphatic heterocycles. The van der Waals surface area contributed by atoms with Gasteiger partial charge in [-0.2, -0.15) is 4.31 Å². The lowest BCUT2D eigenvalue weighted by Crippen LogP contribution is -2.48. The maximum atomic E-state index is 13.1. The minimum Gasteiger partial charge on any atom is -0.492 e. The Bertz CT molecular complexity index is 1350. The van der Waals surface area contributed by atoms with Gasteiger partial charge in [0.05, 0.1) is 22.3 Å². The van der Waals surface area contributed by atoms with E-state index in [9.17, 15) is 13.2 Å². The topological polar surface area (TPSA) is 92.3 Å². The van der Waals surface area contributed by atoms with Crippen LogP contribution in [0.1, 0.15) is 30.1 Å². The van der Waals surface area contributed by atoms with Crippen molar-refractivity contribution in [2.45, 2.75) is 30.8 Å². The Morgan fingerprint density at radius 1 is 1.16 bits per heavy atom. The van der Waals surface area contributed by atoms with Gasteiger partial charge >= 0.3 is 0 Å². The molecule has 3 aromatic rings. The van der Waals surface area contributed by atoms with Crippen LogP contribution in [0, 0.1) is 0 Å². The van der Waals surface area contributed by atoms with Crippen LogP contribution in [0.4, 0.5) is 5.13 Å². The number of fused-ring (bicyclic) bond motifs is 1. The van der Waals surface area contributed by atoms with Crippen molar-refractivity contribution in [2.24, 2.45) is 0 Å². The van der Waals surface area contributed by atoms with Gasteiger partial charge in [-0.15, -0.1) is 0 Å². The van der Waals surface area contributed by atoms with E-state index in [1.807, 2.05) is 30.0 Å². The number of aromatic nitrogens is 1. The van der Waals surface area contributed by atoms with E-state index in [-0.39, 0.29) is 16.9 Å². The van der Waals surface area contributed by atoms with Crippen molar-refractivity contribution < 1.29 is 22.7 Å². The molecule has 5 rings (SSSR count). The van der Waals surface area contributed by atoms with E-state index in [1.165, 1.54) is 16.4 Å². The molecule has 0 N–H and O–H groups in total. The van der Waals surface area contributed by atoms with E-state index >= 15 is 0 Å². The SMILES string of the molecule is CCOc1cccc2sc(N3CCN(C(=O)c4ccc(S(=O)(=O)N(C)CC5CCCO5)cc4)CC3)nc12. The van der Waals surface area contributed by atoms with Crippen LogP contribution in [0.15, 0.2) is 47.4 Å². The van der Waals surface area contributed by atoms with Gasteiger partial charge in [0.15, 0.2) is 5.13 Å². The summed E-state index contributed by atoms with van der Waals surface area (Å²) in [7, 11) is -2.07. The monoisotopic (exact) mass is 544 g/mol. The van der Waals surface area contributed by atoms with Crippen LogP contribution in [0.2, 0.25) is 0 Å². The number of benzene rings is 2. The molecular formula is C26H32N4O5S2. The molecule has 0 bridgehead atoms. The Morgan fingerprint density at radius 2 is 1.92 bits per heavy atom. The summed E-state index contributed by atoms with van der Waals surface area (Å²) >= 11 is 1.63. The highest BCUT2D eigenvalue weighted by Gasteiger charge is 2.28. The second-order valence-corrected chi connectivity index (χ2v) is 12.3. The maximum absolute atomic E-state index is 13.1. The molecule has 9 nitrogen and oxygen atoms in total. The van der Waals surface area contributed by atoms with Crippen molar-refractivity contribution in [2.75, 3.05) is 57.9 Å². The average molecular weight is 545 g/mol. The summed E-state index contributed by atoms with van der Waals surface area (Å²) in [5.74, 6) is 0.694. The van der Waals surface area contributed by atoms with Crippen LogP contribution in [0.25, 0.3) is 10.2 Å². The number of anilines is 1. The Labute approximate surface area is 221 Å². The molecule has 1 unspecified atom stereocenters. The summed E-state index contributed by atoms with van der Waals surface area (Å²) in [6.45, 7) is 6.04. The van der Waals surface area contributed by atoms with Gasteiger partial charge in [-0.3, -0.25) is 4.79 Å². The van der Waals surface area contributed by atoms with E-state index in [1.54, 1.807) is 30.5 Å². The molecular weight excluding hydrogens is 512 g/mol. The number of sulfonamides is 1. The molecule has 0 saturated carbocycles. The number of carbonyl (C=O) groups is 1. The van der Waals surface area contributed by atoms with Crippen LogP contribution in [-0.4, -0.2) is 87.6 Å². The fourth-order valence-corrected chi connectivity index (χ4v) is 6.96. The summed E-state index contributed by atoms with van der Waals surface area (Å²) in [5.41, 5.74) is 1.36. The van der Waals surface area contributed by atoms with Crippen molar-refractivity contribution in [1.29, 1.82) is 0 Å². The number of hydrogen-bond acceptors (Lipinski definition) is 8. The van der Waals surface area contributed by atoms with Gasteiger partial charge in [0.2, 0.25) is 10.0 Å². The zero-order valence-corrected chi connectivity index (χ0v) is 22.8. The number of hydrogen-bond donors (Lipinski definition) is 0. The van der Waals surface area contributed by atoms with Crippen LogP contribution in [-0.2, 0) is 14.8 Å². The van der Waals surface area contributed by atoms with Gasteiger partial charge in [-0.05, 0) is 56.2 Å². The minimum atomic E-state index is -3.64. The summed E-state index contributed by atoms with van der Waals surface area (Å²) in [5, 5.41) is 0.927. The highest BCUT2D eigenvalue weighted by molar-refractivity contribution is 7.89. The van der Waals surface area contributed by atoms with Gasteiger partial charge in [-0.1, -0.05) is 17.4 Å². The number of thiazole rings is 1. The molecule has 37 heavy (non-hydrogen) atoms. The van der Waals surface area contributed by atoms with Gasteiger partial charge in [0, 0.05) is 51.9 Å². The van der Waals surface area contributed by atoms with E-state index in [0.717, 1.165) is 33.9 Å². The van der Waals surface area contributed by atoms with Crippen molar-refractivity contribution in [1.82, 2.24) is 14.2 Å². The molecule has 198 valence electrons. The standard InChI is InChI=1S/C26H32N4O5S2/c1-3-34-22-7-4-8-23-24(22)27-26(36-23)30-15-13-29(14-16-30)25(31)19-9-11-21(12-10-19)37(32,33)28(2)18-20-6-5-17-35-20/h4,7-12,20H,3,5-6,13-18H2,1-2H3. The number of carbonyl (C=O) groups excluding carboxylic acids is 1. The summed E-state index contributed by atoms with van der Waals surface area (Å²) in [4.78, 5) is 22.1. The van der Waals surface area contributed by atoms with Gasteiger partial charge < -0.3 is 19.3 Å². The molecule has 2 fully saturated rings. The predicted octanol–water partition coefficient (Wildman–Crippen LogP) is 3.46. The number of piperazine rings is 1. The first-order chi connectivity index (χ1) is 17.9. The number of likely N-dealkylation sites (N-methyl/N-ethyl adjacent to an activating group) is 1. The highest BCUT2D eigenvalue weighted by Crippen LogP contribution is 2.34. The number of rotatable bonds is 8. The Kier molecular flexibility index (Phi) is 7.66. The number of amides is 1. The van der Waals surface area contributed by atoms with E-state index in [4.69, 9.17) is 14.5 Å². The molecule has 0 spiro atoms. The lowest BCUT2D eigenvalue weighted by Gasteiger charge is -2.34. The predicted molar refractivity (Wildman–Crippen MR) is 144 cm³/mol. The molecule has 1 aromatic heterocycles. The first kappa shape index (κ1) is 25.9.